The van der Waals surface area contributed by atoms with Gasteiger partial charge in [-0.15, -0.1) is 0 Å². The van der Waals surface area contributed by atoms with Crippen LogP contribution in [0.25, 0.3) is 0 Å². The van der Waals surface area contributed by atoms with Crippen molar-refractivity contribution < 1.29 is 0 Å². The van der Waals surface area contributed by atoms with Crippen LogP contribution in [0.5, 0.6) is 0 Å². The van der Waals surface area contributed by atoms with E-state index in [0.29, 0.717) is 5.96 Å². The third-order valence-electron chi connectivity index (χ3n) is 2.50. The van der Waals surface area contributed by atoms with Crippen molar-refractivity contribution in [2.45, 2.75) is 12.8 Å². The van der Waals surface area contributed by atoms with Crippen molar-refractivity contribution in [1.29, 1.82) is 0 Å². The van der Waals surface area contributed by atoms with Crippen molar-refractivity contribution in [3.05, 3.63) is 28.7 Å². The van der Waals surface area contributed by atoms with E-state index in [1.54, 1.807) is 0 Å². The van der Waals surface area contributed by atoms with E-state index in [1.807, 2.05) is 24.3 Å². The number of nitrogens with two attached hydrogens (primary N) is 1. The van der Waals surface area contributed by atoms with Crippen LogP contribution >= 0.6 is 15.9 Å². The van der Waals surface area contributed by atoms with E-state index in [0.717, 1.165) is 23.2 Å². The molecule has 1 aromatic carbocycles. The first-order chi connectivity index (χ1) is 7.25. The predicted octanol–water partition coefficient (Wildman–Crippen LogP) is 2.49. The summed E-state index contributed by atoms with van der Waals surface area (Å²) in [5, 5.41) is 0. The molecule has 0 bridgehead atoms. The van der Waals surface area contributed by atoms with Crippen LogP contribution in [0.2, 0.25) is 0 Å². The van der Waals surface area contributed by atoms with Crippen LogP contribution in [0.1, 0.15) is 12.8 Å². The monoisotopic (exact) mass is 267 g/mol. The zero-order valence-corrected chi connectivity index (χ0v) is 10.1. The van der Waals surface area contributed by atoms with Gasteiger partial charge in [0.15, 0.2) is 5.96 Å². The molecule has 1 aromatic rings. The molecular weight excluding hydrogens is 254 g/mol. The highest BCUT2D eigenvalue weighted by atomic mass is 79.9. The highest BCUT2D eigenvalue weighted by Crippen LogP contribution is 2.17. The number of hydrogen-bond acceptors (Lipinski definition) is 1. The lowest BCUT2D eigenvalue weighted by atomic mass is 10.3. The van der Waals surface area contributed by atoms with Gasteiger partial charge in [-0.2, -0.15) is 0 Å². The van der Waals surface area contributed by atoms with Gasteiger partial charge in [-0.25, -0.2) is 4.99 Å². The summed E-state index contributed by atoms with van der Waals surface area (Å²) in [6, 6.07) is 7.84. The van der Waals surface area contributed by atoms with Crippen LogP contribution in [-0.2, 0) is 0 Å². The van der Waals surface area contributed by atoms with E-state index in [9.17, 15) is 0 Å². The van der Waals surface area contributed by atoms with E-state index < -0.39 is 0 Å². The van der Waals surface area contributed by atoms with Crippen LogP contribution in [0.3, 0.4) is 0 Å². The zero-order chi connectivity index (χ0) is 10.7. The highest BCUT2D eigenvalue weighted by molar-refractivity contribution is 9.10. The standard InChI is InChI=1S/C11H14BrN3/c12-9-3-5-10(6-4-9)14-11(13)15-7-1-2-8-15/h3-6H,1-2,7-8H2,(H2,13,14). The molecule has 0 saturated carbocycles. The minimum Gasteiger partial charge on any atom is -0.369 e. The van der Waals surface area contributed by atoms with Gasteiger partial charge >= 0.3 is 0 Å². The Hall–Kier alpha value is -1.03. The second kappa shape index (κ2) is 4.66. The van der Waals surface area contributed by atoms with Gasteiger partial charge in [-0.3, -0.25) is 0 Å². The lowest BCUT2D eigenvalue weighted by Crippen LogP contribution is -2.34. The summed E-state index contributed by atoms with van der Waals surface area (Å²) in [5.74, 6) is 0.634. The maximum Gasteiger partial charge on any atom is 0.196 e. The Bertz CT molecular complexity index is 353. The SMILES string of the molecule is NC(=Nc1ccc(Br)cc1)N1CCCC1. The van der Waals surface area contributed by atoms with E-state index in [2.05, 4.69) is 25.8 Å². The molecule has 1 saturated heterocycles. The summed E-state index contributed by atoms with van der Waals surface area (Å²) in [6.45, 7) is 2.07. The fourth-order valence-corrected chi connectivity index (χ4v) is 1.93. The van der Waals surface area contributed by atoms with Gasteiger partial charge in [0.2, 0.25) is 0 Å². The summed E-state index contributed by atoms with van der Waals surface area (Å²) in [4.78, 5) is 6.51. The van der Waals surface area contributed by atoms with Crippen molar-refractivity contribution in [2.75, 3.05) is 13.1 Å². The largest absolute Gasteiger partial charge is 0.369 e. The lowest BCUT2D eigenvalue weighted by molar-refractivity contribution is 0.513. The highest BCUT2D eigenvalue weighted by Gasteiger charge is 2.13. The number of hydrogen-bond donors (Lipinski definition) is 1. The van der Waals surface area contributed by atoms with Crippen molar-refractivity contribution in [3.63, 3.8) is 0 Å². The Morgan fingerprint density at radius 2 is 1.80 bits per heavy atom. The van der Waals surface area contributed by atoms with Gasteiger partial charge in [0.05, 0.1) is 5.69 Å². The first-order valence-electron chi connectivity index (χ1n) is 5.10. The average Bonchev–Trinajstić information content (AvgIpc) is 2.74. The van der Waals surface area contributed by atoms with Crippen LogP contribution in [0.15, 0.2) is 33.7 Å². The number of halogens is 1. The Balaban J connectivity index is 2.11. The molecule has 0 spiro atoms. The summed E-state index contributed by atoms with van der Waals surface area (Å²) >= 11 is 3.39. The number of benzene rings is 1. The Kier molecular flexibility index (Phi) is 3.26. The molecule has 0 atom stereocenters. The molecule has 2 N–H and O–H groups in total. The molecule has 0 radical (unpaired) electrons. The predicted molar refractivity (Wildman–Crippen MR) is 66.2 cm³/mol. The fraction of sp³-hybridized carbons (Fsp3) is 0.364. The molecule has 0 aliphatic carbocycles. The molecular formula is C11H14BrN3. The average molecular weight is 268 g/mol. The number of guanidine groups is 1. The molecule has 1 fully saturated rings. The summed E-state index contributed by atoms with van der Waals surface area (Å²) < 4.78 is 1.06. The molecule has 15 heavy (non-hydrogen) atoms. The molecule has 2 rings (SSSR count). The minimum absolute atomic E-state index is 0.634. The third kappa shape index (κ3) is 2.72. The number of likely N-dealkylation sites (tertiary alicyclic amines) is 1. The van der Waals surface area contributed by atoms with Crippen LogP contribution in [0.4, 0.5) is 5.69 Å². The van der Waals surface area contributed by atoms with Crippen molar-refractivity contribution in [3.8, 4) is 0 Å². The van der Waals surface area contributed by atoms with Gasteiger partial charge in [-0.1, -0.05) is 15.9 Å². The van der Waals surface area contributed by atoms with E-state index in [4.69, 9.17) is 5.73 Å². The van der Waals surface area contributed by atoms with Gasteiger partial charge in [0.25, 0.3) is 0 Å². The Morgan fingerprint density at radius 3 is 2.40 bits per heavy atom. The third-order valence-corrected chi connectivity index (χ3v) is 3.03. The lowest BCUT2D eigenvalue weighted by Gasteiger charge is -2.15. The quantitative estimate of drug-likeness (QED) is 0.628. The maximum atomic E-state index is 5.91. The number of rotatable bonds is 1. The van der Waals surface area contributed by atoms with Crippen molar-refractivity contribution in [2.24, 2.45) is 10.7 Å². The molecule has 3 nitrogen and oxygen atoms in total. The van der Waals surface area contributed by atoms with Crippen LogP contribution < -0.4 is 5.73 Å². The fourth-order valence-electron chi connectivity index (χ4n) is 1.66. The second-order valence-electron chi connectivity index (χ2n) is 3.64. The van der Waals surface area contributed by atoms with Crippen LogP contribution in [0, 0.1) is 0 Å². The van der Waals surface area contributed by atoms with Crippen molar-refractivity contribution in [1.82, 2.24) is 4.90 Å². The second-order valence-corrected chi connectivity index (χ2v) is 4.56. The first kappa shape index (κ1) is 10.5. The molecule has 1 heterocycles. The Labute approximate surface area is 98.1 Å². The maximum absolute atomic E-state index is 5.91. The zero-order valence-electron chi connectivity index (χ0n) is 8.49. The van der Waals surface area contributed by atoms with E-state index >= 15 is 0 Å². The molecule has 4 heteroatoms. The summed E-state index contributed by atoms with van der Waals surface area (Å²) in [5.41, 5.74) is 6.82. The van der Waals surface area contributed by atoms with Crippen LogP contribution in [-0.4, -0.2) is 23.9 Å². The molecule has 1 aliphatic rings. The van der Waals surface area contributed by atoms with E-state index in [1.165, 1.54) is 12.8 Å². The van der Waals surface area contributed by atoms with E-state index in [-0.39, 0.29) is 0 Å². The van der Waals surface area contributed by atoms with Gasteiger partial charge in [-0.05, 0) is 37.1 Å². The van der Waals surface area contributed by atoms with Gasteiger partial charge < -0.3 is 10.6 Å². The summed E-state index contributed by atoms with van der Waals surface area (Å²) in [6.07, 6.45) is 2.44. The molecule has 0 aromatic heterocycles. The number of aliphatic imine (C=N–C) groups is 1. The first-order valence-corrected chi connectivity index (χ1v) is 5.90. The van der Waals surface area contributed by atoms with Gasteiger partial charge in [0.1, 0.15) is 0 Å². The molecule has 1 aliphatic heterocycles. The molecule has 0 amide bonds. The summed E-state index contributed by atoms with van der Waals surface area (Å²) in [7, 11) is 0. The molecule has 0 unspecified atom stereocenters. The topological polar surface area (TPSA) is 41.6 Å². The normalized spacial score (nSPS) is 17.1. The minimum atomic E-state index is 0.634. The van der Waals surface area contributed by atoms with Crippen molar-refractivity contribution >= 4 is 27.6 Å². The van der Waals surface area contributed by atoms with Gasteiger partial charge in [0, 0.05) is 17.6 Å². The Morgan fingerprint density at radius 1 is 1.20 bits per heavy atom. The molecule has 80 valence electrons. The number of nitrogens with zero attached hydrogens (tertiary/aromatic N) is 2. The smallest absolute Gasteiger partial charge is 0.196 e.